The highest BCUT2D eigenvalue weighted by Gasteiger charge is 2.28. The molecule has 2 aromatic rings. The lowest BCUT2D eigenvalue weighted by Gasteiger charge is -2.30. The van der Waals surface area contributed by atoms with Gasteiger partial charge in [-0.2, -0.15) is 4.98 Å². The number of nitrogens with zero attached hydrogens (tertiary/aromatic N) is 3. The maximum absolute atomic E-state index is 13.0. The van der Waals surface area contributed by atoms with Crippen molar-refractivity contribution in [1.82, 2.24) is 15.0 Å². The van der Waals surface area contributed by atoms with Crippen LogP contribution in [-0.2, 0) is 0 Å². The molecule has 152 valence electrons. The maximum atomic E-state index is 13.0. The Morgan fingerprint density at radius 2 is 2.04 bits per heavy atom. The van der Waals surface area contributed by atoms with E-state index >= 15 is 0 Å². The Morgan fingerprint density at radius 3 is 2.64 bits per heavy atom. The average Bonchev–Trinajstić information content (AvgIpc) is 3.13. The van der Waals surface area contributed by atoms with Crippen molar-refractivity contribution in [2.75, 3.05) is 26.3 Å². The monoisotopic (exact) mass is 407 g/mol. The number of amides is 1. The lowest BCUT2D eigenvalue weighted by molar-refractivity contribution is 0.0704. The fraction of sp³-hybridized carbons (Fsp3) is 0.550. The zero-order valence-electron chi connectivity index (χ0n) is 16.5. The van der Waals surface area contributed by atoms with Gasteiger partial charge in [0.15, 0.2) is 17.3 Å². The molecular formula is C20H26ClN3O4. The lowest BCUT2D eigenvalue weighted by atomic mass is 9.96. The van der Waals surface area contributed by atoms with Crippen molar-refractivity contribution in [2.45, 2.75) is 46.0 Å². The summed E-state index contributed by atoms with van der Waals surface area (Å²) >= 11 is 6.39. The second-order valence-corrected chi connectivity index (χ2v) is 7.22. The van der Waals surface area contributed by atoms with E-state index in [1.54, 1.807) is 19.1 Å². The van der Waals surface area contributed by atoms with Crippen molar-refractivity contribution < 1.29 is 18.8 Å². The van der Waals surface area contributed by atoms with Gasteiger partial charge < -0.3 is 18.9 Å². The van der Waals surface area contributed by atoms with E-state index in [9.17, 15) is 4.79 Å². The summed E-state index contributed by atoms with van der Waals surface area (Å²) in [6.07, 6.45) is 2.44. The molecule has 2 heterocycles. The third-order valence-electron chi connectivity index (χ3n) is 4.68. The highest BCUT2D eigenvalue weighted by molar-refractivity contribution is 6.32. The van der Waals surface area contributed by atoms with Gasteiger partial charge in [-0.05, 0) is 45.2 Å². The van der Waals surface area contributed by atoms with E-state index in [1.165, 1.54) is 0 Å². The van der Waals surface area contributed by atoms with Crippen LogP contribution in [0.3, 0.4) is 0 Å². The summed E-state index contributed by atoms with van der Waals surface area (Å²) in [5.41, 5.74) is 0.504. The Balaban J connectivity index is 1.71. The van der Waals surface area contributed by atoms with E-state index in [1.807, 2.05) is 18.7 Å². The third kappa shape index (κ3) is 4.58. The number of piperidine rings is 1. The molecule has 1 aliphatic heterocycles. The molecule has 7 nitrogen and oxygen atoms in total. The van der Waals surface area contributed by atoms with Crippen molar-refractivity contribution in [3.8, 4) is 11.5 Å². The summed E-state index contributed by atoms with van der Waals surface area (Å²) in [6.45, 7) is 7.96. The number of carbonyl (C=O) groups excluding carboxylic acids is 1. The molecular weight excluding hydrogens is 382 g/mol. The second-order valence-electron chi connectivity index (χ2n) is 6.81. The van der Waals surface area contributed by atoms with Gasteiger partial charge in [0, 0.05) is 24.6 Å². The first-order chi connectivity index (χ1) is 13.5. The number of benzene rings is 1. The summed E-state index contributed by atoms with van der Waals surface area (Å²) in [4.78, 5) is 19.1. The molecule has 0 unspecified atom stereocenters. The fourth-order valence-electron chi connectivity index (χ4n) is 3.29. The van der Waals surface area contributed by atoms with E-state index in [0.29, 0.717) is 60.1 Å². The zero-order chi connectivity index (χ0) is 20.1. The van der Waals surface area contributed by atoms with Crippen LogP contribution in [-0.4, -0.2) is 47.3 Å². The van der Waals surface area contributed by atoms with Gasteiger partial charge in [-0.3, -0.25) is 4.79 Å². The summed E-state index contributed by atoms with van der Waals surface area (Å²) in [5.74, 6) is 2.42. The molecule has 0 aliphatic carbocycles. The number of hydrogen-bond acceptors (Lipinski definition) is 6. The van der Waals surface area contributed by atoms with Gasteiger partial charge in [0.2, 0.25) is 5.89 Å². The Morgan fingerprint density at radius 1 is 1.29 bits per heavy atom. The van der Waals surface area contributed by atoms with Crippen molar-refractivity contribution >= 4 is 17.5 Å². The van der Waals surface area contributed by atoms with Gasteiger partial charge in [-0.15, -0.1) is 0 Å². The number of likely N-dealkylation sites (tertiary alicyclic amines) is 1. The minimum atomic E-state index is -0.0648. The number of carbonyl (C=O) groups is 1. The van der Waals surface area contributed by atoms with Gasteiger partial charge in [0.05, 0.1) is 18.2 Å². The maximum Gasteiger partial charge on any atom is 0.254 e. The third-order valence-corrected chi connectivity index (χ3v) is 4.96. The summed E-state index contributed by atoms with van der Waals surface area (Å²) in [7, 11) is 0. The van der Waals surface area contributed by atoms with Gasteiger partial charge in [0.25, 0.3) is 5.91 Å². The van der Waals surface area contributed by atoms with Crippen LogP contribution in [0.2, 0.25) is 5.02 Å². The number of rotatable bonds is 7. The van der Waals surface area contributed by atoms with E-state index in [4.69, 9.17) is 25.6 Å². The number of aromatic nitrogens is 2. The predicted octanol–water partition coefficient (Wildman–Crippen LogP) is 4.24. The van der Waals surface area contributed by atoms with Gasteiger partial charge in [0.1, 0.15) is 0 Å². The molecule has 1 aliphatic rings. The quantitative estimate of drug-likeness (QED) is 0.683. The second kappa shape index (κ2) is 9.28. The summed E-state index contributed by atoms with van der Waals surface area (Å²) in [6, 6.07) is 3.38. The number of ether oxygens (including phenoxy) is 2. The molecule has 28 heavy (non-hydrogen) atoms. The van der Waals surface area contributed by atoms with Crippen LogP contribution in [0.15, 0.2) is 16.7 Å². The van der Waals surface area contributed by atoms with Crippen LogP contribution < -0.4 is 9.47 Å². The summed E-state index contributed by atoms with van der Waals surface area (Å²) < 4.78 is 16.6. The van der Waals surface area contributed by atoms with E-state index in [2.05, 4.69) is 10.1 Å². The van der Waals surface area contributed by atoms with Crippen LogP contribution in [0.25, 0.3) is 0 Å². The Labute approximate surface area is 169 Å². The molecule has 1 amide bonds. The van der Waals surface area contributed by atoms with Crippen LogP contribution in [0, 0.1) is 6.92 Å². The van der Waals surface area contributed by atoms with Crippen LogP contribution >= 0.6 is 11.6 Å². The molecule has 8 heteroatoms. The van der Waals surface area contributed by atoms with E-state index in [0.717, 1.165) is 19.3 Å². The largest absolute Gasteiger partial charge is 0.490 e. The van der Waals surface area contributed by atoms with Crippen molar-refractivity contribution in [1.29, 1.82) is 0 Å². The molecule has 0 spiro atoms. The van der Waals surface area contributed by atoms with Crippen molar-refractivity contribution in [3.63, 3.8) is 0 Å². The normalized spacial score (nSPS) is 14.9. The molecule has 0 saturated carbocycles. The molecule has 1 aromatic carbocycles. The standard InChI is InChI=1S/C20H26ClN3O4/c1-4-10-27-18-16(21)11-15(12-17(18)26-5-2)20(25)24-8-6-14(7-9-24)19-22-13(3)23-28-19/h11-12,14H,4-10H2,1-3H3. The molecule has 0 atom stereocenters. The molecule has 0 N–H and O–H groups in total. The van der Waals surface area contributed by atoms with Gasteiger partial charge in [-0.1, -0.05) is 23.7 Å². The molecule has 0 bridgehead atoms. The van der Waals surface area contributed by atoms with Crippen molar-refractivity contribution in [3.05, 3.63) is 34.4 Å². The zero-order valence-corrected chi connectivity index (χ0v) is 17.3. The molecule has 1 aromatic heterocycles. The topological polar surface area (TPSA) is 77.7 Å². The average molecular weight is 408 g/mol. The highest BCUT2D eigenvalue weighted by Crippen LogP contribution is 2.37. The predicted molar refractivity (Wildman–Crippen MR) is 105 cm³/mol. The number of hydrogen-bond donors (Lipinski definition) is 0. The smallest absolute Gasteiger partial charge is 0.254 e. The van der Waals surface area contributed by atoms with Crippen molar-refractivity contribution in [2.24, 2.45) is 0 Å². The van der Waals surface area contributed by atoms with Crippen LogP contribution in [0.5, 0.6) is 11.5 Å². The van der Waals surface area contributed by atoms with Gasteiger partial charge >= 0.3 is 0 Å². The van der Waals surface area contributed by atoms with E-state index < -0.39 is 0 Å². The van der Waals surface area contributed by atoms with E-state index in [-0.39, 0.29) is 11.8 Å². The Bertz CT molecular complexity index is 816. The van der Waals surface area contributed by atoms with Crippen LogP contribution in [0.1, 0.15) is 61.1 Å². The first kappa shape index (κ1) is 20.5. The summed E-state index contributed by atoms with van der Waals surface area (Å²) in [5, 5.41) is 4.24. The minimum Gasteiger partial charge on any atom is -0.490 e. The minimum absolute atomic E-state index is 0.0648. The molecule has 1 fully saturated rings. The van der Waals surface area contributed by atoms with Crippen LogP contribution in [0.4, 0.5) is 0 Å². The van der Waals surface area contributed by atoms with Gasteiger partial charge in [-0.25, -0.2) is 0 Å². The first-order valence-electron chi connectivity index (χ1n) is 9.72. The lowest BCUT2D eigenvalue weighted by Crippen LogP contribution is -2.38. The SMILES string of the molecule is CCCOc1c(Cl)cc(C(=O)N2CCC(c3nc(C)no3)CC2)cc1OCC. The number of halogens is 1. The first-order valence-corrected chi connectivity index (χ1v) is 10.1. The molecule has 0 radical (unpaired) electrons. The Kier molecular flexibility index (Phi) is 6.78. The number of aryl methyl sites for hydroxylation is 1. The molecule has 3 rings (SSSR count). The molecule has 1 saturated heterocycles. The Hall–Kier alpha value is -2.28. The fourth-order valence-corrected chi connectivity index (χ4v) is 3.55. The highest BCUT2D eigenvalue weighted by atomic mass is 35.5.